The summed E-state index contributed by atoms with van der Waals surface area (Å²) in [6.45, 7) is 11.6. The highest BCUT2D eigenvalue weighted by Crippen LogP contribution is 2.67. The van der Waals surface area contributed by atoms with Gasteiger partial charge in [0.25, 0.3) is 0 Å². The molecule has 1 aromatic rings. The molecule has 2 atom stereocenters. The van der Waals surface area contributed by atoms with Crippen LogP contribution >= 0.6 is 0 Å². The van der Waals surface area contributed by atoms with E-state index in [1.165, 1.54) is 24.2 Å². The van der Waals surface area contributed by atoms with E-state index < -0.39 is 0 Å². The molecule has 1 saturated carbocycles. The minimum atomic E-state index is -0.0791. The summed E-state index contributed by atoms with van der Waals surface area (Å²) in [5.74, 6) is 1.75. The lowest BCUT2D eigenvalue weighted by molar-refractivity contribution is 0.224. The maximum absolute atomic E-state index is 4.97. The summed E-state index contributed by atoms with van der Waals surface area (Å²) in [6, 6.07) is 0. The molecule has 2 bridgehead atoms. The smallest absolute Gasteiger partial charge is 0.126 e. The Morgan fingerprint density at radius 3 is 2.56 bits per heavy atom. The Bertz CT molecular complexity index is 498. The fourth-order valence-electron chi connectivity index (χ4n) is 3.90. The van der Waals surface area contributed by atoms with Gasteiger partial charge in [-0.25, -0.2) is 4.98 Å². The number of rotatable bonds is 2. The van der Waals surface area contributed by atoms with Crippen molar-refractivity contribution >= 4 is 0 Å². The Balaban J connectivity index is 2.12. The van der Waals surface area contributed by atoms with E-state index >= 15 is 0 Å². The van der Waals surface area contributed by atoms with Crippen molar-refractivity contribution in [2.45, 2.75) is 64.3 Å². The van der Waals surface area contributed by atoms with Gasteiger partial charge in [0, 0.05) is 17.0 Å². The van der Waals surface area contributed by atoms with E-state index in [1.807, 2.05) is 7.05 Å². The lowest BCUT2D eigenvalue weighted by Gasteiger charge is -2.34. The van der Waals surface area contributed by atoms with Crippen molar-refractivity contribution in [1.82, 2.24) is 15.3 Å². The highest BCUT2D eigenvalue weighted by atomic mass is 15.1. The summed E-state index contributed by atoms with van der Waals surface area (Å²) >= 11 is 0. The quantitative estimate of drug-likeness (QED) is 0.843. The van der Waals surface area contributed by atoms with Crippen LogP contribution in [-0.2, 0) is 11.0 Å². The van der Waals surface area contributed by atoms with Crippen molar-refractivity contribution in [3.05, 3.63) is 17.2 Å². The molecule has 0 radical (unpaired) electrons. The first-order valence-electron chi connectivity index (χ1n) is 7.04. The molecule has 100 valence electrons. The third-order valence-corrected chi connectivity index (χ3v) is 6.05. The Hall–Kier alpha value is -0.830. The standard InChI is InChI=1S/C15H25N3/c1-13(2)9-7-8-15(13,5)11-10(9)17-12(18-11)14(3,4)16-6/h9,16H,7-8H2,1-6H3,(H,17,18). The average Bonchev–Trinajstić information content (AvgIpc) is 2.86. The van der Waals surface area contributed by atoms with Crippen LogP contribution in [0.1, 0.15) is 70.6 Å². The van der Waals surface area contributed by atoms with Gasteiger partial charge in [-0.05, 0) is 39.2 Å². The van der Waals surface area contributed by atoms with E-state index in [9.17, 15) is 0 Å². The third kappa shape index (κ3) is 1.16. The molecule has 2 aliphatic carbocycles. The van der Waals surface area contributed by atoms with E-state index in [-0.39, 0.29) is 11.0 Å². The minimum Gasteiger partial charge on any atom is -0.344 e. The van der Waals surface area contributed by atoms with Crippen molar-refractivity contribution in [3.8, 4) is 0 Å². The molecule has 3 heteroatoms. The second-order valence-electron chi connectivity index (χ2n) is 7.37. The Kier molecular flexibility index (Phi) is 2.16. The summed E-state index contributed by atoms with van der Waals surface area (Å²) in [6.07, 6.45) is 2.58. The summed E-state index contributed by atoms with van der Waals surface area (Å²) in [7, 11) is 1.99. The van der Waals surface area contributed by atoms with Gasteiger partial charge in [-0.3, -0.25) is 0 Å². The molecule has 1 aromatic heterocycles. The number of H-pyrrole nitrogens is 1. The monoisotopic (exact) mass is 247 g/mol. The van der Waals surface area contributed by atoms with Crippen molar-refractivity contribution < 1.29 is 0 Å². The molecule has 2 N–H and O–H groups in total. The molecule has 3 rings (SSSR count). The number of nitrogens with zero attached hydrogens (tertiary/aromatic N) is 1. The zero-order valence-corrected chi connectivity index (χ0v) is 12.4. The molecule has 1 heterocycles. The lowest BCUT2D eigenvalue weighted by Crippen LogP contribution is -2.36. The second-order valence-corrected chi connectivity index (χ2v) is 7.37. The summed E-state index contributed by atoms with van der Waals surface area (Å²) < 4.78 is 0. The fraction of sp³-hybridized carbons (Fsp3) is 0.800. The van der Waals surface area contributed by atoms with E-state index in [0.717, 1.165) is 5.82 Å². The number of fused-ring (bicyclic) bond motifs is 5. The number of imidazole rings is 1. The molecule has 0 saturated heterocycles. The van der Waals surface area contributed by atoms with Crippen molar-refractivity contribution in [3.63, 3.8) is 0 Å². The van der Waals surface area contributed by atoms with Gasteiger partial charge in [0.1, 0.15) is 5.82 Å². The van der Waals surface area contributed by atoms with Crippen LogP contribution in [0.15, 0.2) is 0 Å². The number of hydrogen-bond acceptors (Lipinski definition) is 2. The Morgan fingerprint density at radius 2 is 2.00 bits per heavy atom. The van der Waals surface area contributed by atoms with Gasteiger partial charge in [-0.2, -0.15) is 0 Å². The highest BCUT2D eigenvalue weighted by Gasteiger charge is 2.61. The average molecular weight is 247 g/mol. The SMILES string of the molecule is CNC(C)(C)c1nc2c([nH]1)C1CCC2(C)C1(C)C. The van der Waals surface area contributed by atoms with Crippen LogP contribution in [-0.4, -0.2) is 17.0 Å². The minimum absolute atomic E-state index is 0.0791. The molecule has 2 aliphatic rings. The van der Waals surface area contributed by atoms with Crippen LogP contribution in [0.3, 0.4) is 0 Å². The van der Waals surface area contributed by atoms with Crippen LogP contribution in [0.5, 0.6) is 0 Å². The van der Waals surface area contributed by atoms with E-state index in [1.54, 1.807) is 0 Å². The van der Waals surface area contributed by atoms with Gasteiger partial charge in [0.05, 0.1) is 11.2 Å². The second kappa shape index (κ2) is 3.19. The van der Waals surface area contributed by atoms with Crippen LogP contribution in [0, 0.1) is 5.41 Å². The van der Waals surface area contributed by atoms with Gasteiger partial charge in [0.2, 0.25) is 0 Å². The molecular formula is C15H25N3. The van der Waals surface area contributed by atoms with Gasteiger partial charge in [-0.15, -0.1) is 0 Å². The normalized spacial score (nSPS) is 32.9. The van der Waals surface area contributed by atoms with Gasteiger partial charge in [0.15, 0.2) is 0 Å². The first-order chi connectivity index (χ1) is 8.24. The molecule has 0 aliphatic heterocycles. The number of aromatic amines is 1. The van der Waals surface area contributed by atoms with Crippen molar-refractivity contribution in [2.75, 3.05) is 7.05 Å². The zero-order chi connectivity index (χ0) is 13.3. The number of aromatic nitrogens is 2. The largest absolute Gasteiger partial charge is 0.344 e. The molecule has 0 amide bonds. The highest BCUT2D eigenvalue weighted by molar-refractivity contribution is 5.43. The number of hydrogen-bond donors (Lipinski definition) is 2. The topological polar surface area (TPSA) is 40.7 Å². The molecule has 2 unspecified atom stereocenters. The molecule has 0 spiro atoms. The van der Waals surface area contributed by atoms with Gasteiger partial charge < -0.3 is 10.3 Å². The Morgan fingerprint density at radius 1 is 1.33 bits per heavy atom. The van der Waals surface area contributed by atoms with E-state index in [4.69, 9.17) is 4.98 Å². The van der Waals surface area contributed by atoms with Crippen molar-refractivity contribution in [2.24, 2.45) is 5.41 Å². The predicted molar refractivity (Wildman–Crippen MR) is 73.8 cm³/mol. The summed E-state index contributed by atoms with van der Waals surface area (Å²) in [4.78, 5) is 8.59. The zero-order valence-electron chi connectivity index (χ0n) is 12.4. The van der Waals surface area contributed by atoms with Crippen LogP contribution in [0.25, 0.3) is 0 Å². The van der Waals surface area contributed by atoms with E-state index in [2.05, 4.69) is 44.9 Å². The van der Waals surface area contributed by atoms with Gasteiger partial charge in [-0.1, -0.05) is 20.8 Å². The molecule has 1 fully saturated rings. The summed E-state index contributed by atoms with van der Waals surface area (Å²) in [5, 5.41) is 3.34. The first-order valence-corrected chi connectivity index (χ1v) is 7.04. The third-order valence-electron chi connectivity index (χ3n) is 6.05. The lowest BCUT2D eigenvalue weighted by atomic mass is 9.70. The van der Waals surface area contributed by atoms with E-state index in [0.29, 0.717) is 11.3 Å². The predicted octanol–water partition coefficient (Wildman–Crippen LogP) is 3.04. The van der Waals surface area contributed by atoms with Gasteiger partial charge >= 0.3 is 0 Å². The molecule has 3 nitrogen and oxygen atoms in total. The molecule has 18 heavy (non-hydrogen) atoms. The van der Waals surface area contributed by atoms with Crippen LogP contribution < -0.4 is 5.32 Å². The molecule has 0 aromatic carbocycles. The van der Waals surface area contributed by atoms with Crippen molar-refractivity contribution in [1.29, 1.82) is 0 Å². The molecular weight excluding hydrogens is 222 g/mol. The van der Waals surface area contributed by atoms with Crippen LogP contribution in [0.4, 0.5) is 0 Å². The maximum atomic E-state index is 4.97. The fourth-order valence-corrected chi connectivity index (χ4v) is 3.90. The maximum Gasteiger partial charge on any atom is 0.126 e. The van der Waals surface area contributed by atoms with Crippen LogP contribution in [0.2, 0.25) is 0 Å². The summed E-state index contributed by atoms with van der Waals surface area (Å²) in [5.41, 5.74) is 3.27. The first kappa shape index (κ1) is 12.2. The Labute approximate surface area is 110 Å². The number of nitrogens with one attached hydrogen (secondary N) is 2.